The van der Waals surface area contributed by atoms with Crippen LogP contribution in [0.4, 0.5) is 0 Å². The van der Waals surface area contributed by atoms with Crippen LogP contribution in [0.25, 0.3) is 0 Å². The minimum atomic E-state index is 0.269. The Bertz CT molecular complexity index is 575. The maximum Gasteiger partial charge on any atom is 0.129 e. The van der Waals surface area contributed by atoms with Gasteiger partial charge in [-0.2, -0.15) is 0 Å². The fourth-order valence-corrected chi connectivity index (χ4v) is 4.33. The number of benzene rings is 1. The average Bonchev–Trinajstić information content (AvgIpc) is 2.96. The van der Waals surface area contributed by atoms with E-state index in [0.29, 0.717) is 30.3 Å². The number of carbonyl (C=O) groups excluding carboxylic acids is 1. The van der Waals surface area contributed by atoms with E-state index in [1.165, 1.54) is 11.1 Å². The molecule has 2 aliphatic rings. The molecule has 22 heavy (non-hydrogen) atoms. The summed E-state index contributed by atoms with van der Waals surface area (Å²) in [5.74, 6) is 3.25. The summed E-state index contributed by atoms with van der Waals surface area (Å²) in [7, 11) is 0. The summed E-state index contributed by atoms with van der Waals surface area (Å²) >= 11 is 0. The normalized spacial score (nSPS) is 28.8. The van der Waals surface area contributed by atoms with E-state index in [0.717, 1.165) is 31.4 Å². The molecule has 1 fully saturated rings. The van der Waals surface area contributed by atoms with Crippen molar-refractivity contribution < 1.29 is 9.53 Å². The molecule has 2 nitrogen and oxygen atoms in total. The lowest BCUT2D eigenvalue weighted by Gasteiger charge is -2.20. The van der Waals surface area contributed by atoms with Gasteiger partial charge in [0.1, 0.15) is 17.6 Å². The van der Waals surface area contributed by atoms with Crippen molar-refractivity contribution in [2.45, 2.75) is 58.0 Å². The summed E-state index contributed by atoms with van der Waals surface area (Å²) in [6, 6.07) is 6.55. The third-order valence-corrected chi connectivity index (χ3v) is 5.37. The number of allylic oxidation sites excluding steroid dienone is 1. The maximum absolute atomic E-state index is 11.1. The molecule has 0 amide bonds. The maximum atomic E-state index is 11.1. The van der Waals surface area contributed by atoms with Crippen LogP contribution in [-0.4, -0.2) is 11.9 Å². The molecular formula is C20H26O2. The molecule has 2 heteroatoms. The minimum absolute atomic E-state index is 0.269. The zero-order chi connectivity index (χ0) is 15.7. The Hall–Kier alpha value is -1.57. The fourth-order valence-electron chi connectivity index (χ4n) is 4.33. The van der Waals surface area contributed by atoms with E-state index < -0.39 is 0 Å². The van der Waals surface area contributed by atoms with Crippen LogP contribution in [0.3, 0.4) is 0 Å². The lowest BCUT2D eigenvalue weighted by Crippen LogP contribution is -2.15. The number of Topliss-reactive ketones (excluding diaryl/α,β-unsaturated/α-hetero) is 1. The number of ether oxygens (including phenoxy) is 1. The molecule has 3 rings (SSSR count). The van der Waals surface area contributed by atoms with Crippen LogP contribution < -0.4 is 4.74 Å². The van der Waals surface area contributed by atoms with Crippen molar-refractivity contribution in [1.29, 1.82) is 0 Å². The molecule has 118 valence electrons. The highest BCUT2D eigenvalue weighted by atomic mass is 16.5. The molecule has 1 aromatic rings. The monoisotopic (exact) mass is 298 g/mol. The van der Waals surface area contributed by atoms with Crippen molar-refractivity contribution in [3.8, 4) is 5.75 Å². The zero-order valence-electron chi connectivity index (χ0n) is 13.7. The molecule has 0 saturated heterocycles. The molecule has 0 aromatic heterocycles. The molecule has 1 aromatic carbocycles. The summed E-state index contributed by atoms with van der Waals surface area (Å²) in [5.41, 5.74) is 2.67. The lowest BCUT2D eigenvalue weighted by atomic mass is 9.82. The van der Waals surface area contributed by atoms with E-state index in [2.05, 4.69) is 37.8 Å². The Morgan fingerprint density at radius 3 is 3.00 bits per heavy atom. The number of aryl methyl sites for hydroxylation is 1. The molecule has 0 bridgehead atoms. The first kappa shape index (κ1) is 15.3. The minimum Gasteiger partial charge on any atom is -0.489 e. The summed E-state index contributed by atoms with van der Waals surface area (Å²) in [4.78, 5) is 11.1. The predicted molar refractivity (Wildman–Crippen MR) is 89.3 cm³/mol. The topological polar surface area (TPSA) is 26.3 Å². The Morgan fingerprint density at radius 2 is 2.27 bits per heavy atom. The number of fused-ring (bicyclic) bond motifs is 3. The second-order valence-electron chi connectivity index (χ2n) is 6.97. The van der Waals surface area contributed by atoms with E-state index in [1.807, 2.05) is 0 Å². The van der Waals surface area contributed by atoms with Gasteiger partial charge in [-0.1, -0.05) is 31.2 Å². The van der Waals surface area contributed by atoms with Crippen molar-refractivity contribution in [3.05, 3.63) is 42.0 Å². The van der Waals surface area contributed by atoms with Crippen molar-refractivity contribution in [2.24, 2.45) is 11.8 Å². The third kappa shape index (κ3) is 2.71. The van der Waals surface area contributed by atoms with Crippen LogP contribution in [0.1, 0.15) is 56.6 Å². The van der Waals surface area contributed by atoms with Gasteiger partial charge in [-0.05, 0) is 50.0 Å². The Labute approximate surface area is 133 Å². The van der Waals surface area contributed by atoms with E-state index in [9.17, 15) is 4.79 Å². The van der Waals surface area contributed by atoms with Crippen LogP contribution in [0.5, 0.6) is 5.75 Å². The highest BCUT2D eigenvalue weighted by Crippen LogP contribution is 2.54. The van der Waals surface area contributed by atoms with Crippen molar-refractivity contribution in [3.63, 3.8) is 0 Å². The fraction of sp³-hybridized carbons (Fsp3) is 0.550. The molecular weight excluding hydrogens is 272 g/mol. The lowest BCUT2D eigenvalue weighted by molar-refractivity contribution is -0.117. The van der Waals surface area contributed by atoms with Gasteiger partial charge in [-0.3, -0.25) is 0 Å². The van der Waals surface area contributed by atoms with E-state index in [-0.39, 0.29) is 5.78 Å². The molecule has 0 N–H and O–H groups in total. The van der Waals surface area contributed by atoms with Gasteiger partial charge in [-0.15, -0.1) is 6.58 Å². The number of para-hydroxylation sites is 1. The molecule has 0 spiro atoms. The SMILES string of the molecule is C=CC[C@@H]1[C@H]2c3cccc(CCCC(C)=O)c3O[C@H]2C[C@H]1C. The van der Waals surface area contributed by atoms with Crippen LogP contribution in [0.15, 0.2) is 30.9 Å². The van der Waals surface area contributed by atoms with Crippen LogP contribution in [0.2, 0.25) is 0 Å². The largest absolute Gasteiger partial charge is 0.489 e. The number of hydrogen-bond donors (Lipinski definition) is 0. The first-order chi connectivity index (χ1) is 10.6. The second kappa shape index (κ2) is 6.28. The summed E-state index contributed by atoms with van der Waals surface area (Å²) in [6.45, 7) is 7.93. The molecule has 1 heterocycles. The molecule has 4 atom stereocenters. The molecule has 1 aliphatic heterocycles. The van der Waals surface area contributed by atoms with Gasteiger partial charge < -0.3 is 9.53 Å². The van der Waals surface area contributed by atoms with Gasteiger partial charge in [0.05, 0.1) is 0 Å². The standard InChI is InChI=1S/C20H26O2/c1-4-7-16-13(2)12-18-19(16)17-11-6-10-15(20(17)22-18)9-5-8-14(3)21/h4,6,10-11,13,16,18-19H,1,5,7-9,12H2,2-3H3/t13-,16+,18+,19+/m1/s1. The predicted octanol–water partition coefficient (Wildman–Crippen LogP) is 4.68. The van der Waals surface area contributed by atoms with Crippen molar-refractivity contribution in [1.82, 2.24) is 0 Å². The summed E-state index contributed by atoms with van der Waals surface area (Å²) in [6.07, 6.45) is 7.11. The van der Waals surface area contributed by atoms with Gasteiger partial charge in [-0.25, -0.2) is 0 Å². The Kier molecular flexibility index (Phi) is 4.37. The van der Waals surface area contributed by atoms with Crippen molar-refractivity contribution >= 4 is 5.78 Å². The summed E-state index contributed by atoms with van der Waals surface area (Å²) < 4.78 is 6.35. The highest BCUT2D eigenvalue weighted by molar-refractivity contribution is 5.75. The zero-order valence-corrected chi connectivity index (χ0v) is 13.7. The third-order valence-electron chi connectivity index (χ3n) is 5.37. The quantitative estimate of drug-likeness (QED) is 0.713. The average molecular weight is 298 g/mol. The first-order valence-electron chi connectivity index (χ1n) is 8.50. The first-order valence-corrected chi connectivity index (χ1v) is 8.50. The molecule has 1 aliphatic carbocycles. The molecule has 1 saturated carbocycles. The van der Waals surface area contributed by atoms with Crippen molar-refractivity contribution in [2.75, 3.05) is 0 Å². The van der Waals surface area contributed by atoms with Gasteiger partial charge in [0.15, 0.2) is 0 Å². The number of rotatable bonds is 6. The summed E-state index contributed by atoms with van der Waals surface area (Å²) in [5, 5.41) is 0. The number of ketones is 1. The van der Waals surface area contributed by atoms with Crippen LogP contribution >= 0.6 is 0 Å². The Balaban J connectivity index is 1.82. The molecule has 0 radical (unpaired) electrons. The van der Waals surface area contributed by atoms with E-state index in [1.54, 1.807) is 6.92 Å². The highest BCUT2D eigenvalue weighted by Gasteiger charge is 2.47. The van der Waals surface area contributed by atoms with Gasteiger partial charge in [0.2, 0.25) is 0 Å². The van der Waals surface area contributed by atoms with E-state index in [4.69, 9.17) is 4.74 Å². The van der Waals surface area contributed by atoms with Crippen LogP contribution in [0, 0.1) is 11.8 Å². The van der Waals surface area contributed by atoms with Crippen LogP contribution in [-0.2, 0) is 11.2 Å². The second-order valence-corrected chi connectivity index (χ2v) is 6.97. The number of hydrogen-bond acceptors (Lipinski definition) is 2. The van der Waals surface area contributed by atoms with E-state index >= 15 is 0 Å². The van der Waals surface area contributed by atoms with Gasteiger partial charge >= 0.3 is 0 Å². The van der Waals surface area contributed by atoms with Gasteiger partial charge in [0, 0.05) is 17.9 Å². The van der Waals surface area contributed by atoms with Gasteiger partial charge in [0.25, 0.3) is 0 Å². The Morgan fingerprint density at radius 1 is 1.45 bits per heavy atom. The number of carbonyl (C=O) groups is 1. The molecule has 0 unspecified atom stereocenters. The smallest absolute Gasteiger partial charge is 0.129 e.